The summed E-state index contributed by atoms with van der Waals surface area (Å²) >= 11 is 0. The molecule has 0 saturated heterocycles. The number of rotatable bonds is 7. The van der Waals surface area contributed by atoms with Crippen LogP contribution in [0, 0.1) is 20.8 Å². The maximum Gasteiger partial charge on any atom is 0.430 e. The van der Waals surface area contributed by atoms with Crippen LogP contribution in [0.1, 0.15) is 29.2 Å². The highest BCUT2D eigenvalue weighted by Gasteiger charge is 2.28. The van der Waals surface area contributed by atoms with Crippen molar-refractivity contribution >= 4 is 17.7 Å². The molecule has 31 heavy (non-hydrogen) atoms. The Morgan fingerprint density at radius 2 is 1.68 bits per heavy atom. The lowest BCUT2D eigenvalue weighted by atomic mass is 9.98. The average molecular weight is 442 g/mol. The highest BCUT2D eigenvalue weighted by Crippen LogP contribution is 2.14. The van der Waals surface area contributed by atoms with Crippen molar-refractivity contribution in [3.8, 4) is 0 Å². The summed E-state index contributed by atoms with van der Waals surface area (Å²) in [6.45, 7) is 8.46. The van der Waals surface area contributed by atoms with Crippen LogP contribution in [0.25, 0.3) is 0 Å². The maximum absolute atomic E-state index is 12.5. The number of carboxylic acids is 1. The summed E-state index contributed by atoms with van der Waals surface area (Å²) in [5, 5.41) is 8.78. The van der Waals surface area contributed by atoms with Gasteiger partial charge in [0.05, 0.1) is 12.8 Å². The zero-order valence-corrected chi connectivity index (χ0v) is 17.8. The molecule has 0 aliphatic carbocycles. The third-order valence-electron chi connectivity index (χ3n) is 4.22. The first-order valence-electron chi connectivity index (χ1n) is 9.42. The second kappa shape index (κ2) is 11.3. The number of Topliss-reactive ketones (excluding diaryl/α,β-unsaturated/α-hetero) is 1. The molecule has 10 heteroatoms. The van der Waals surface area contributed by atoms with Crippen LogP contribution in [-0.4, -0.2) is 35.2 Å². The quantitative estimate of drug-likeness (QED) is 0.477. The predicted molar refractivity (Wildman–Crippen MR) is 102 cm³/mol. The van der Waals surface area contributed by atoms with Crippen molar-refractivity contribution in [1.82, 2.24) is 4.68 Å². The Morgan fingerprint density at radius 1 is 1.13 bits per heavy atom. The zero-order valence-electron chi connectivity index (χ0n) is 17.8. The highest BCUT2D eigenvalue weighted by atomic mass is 19.4. The van der Waals surface area contributed by atoms with Gasteiger partial charge in [0.1, 0.15) is 5.97 Å². The number of aliphatic carboxylic acids is 1. The largest absolute Gasteiger partial charge is 0.542 e. The fraction of sp³-hybridized carbons (Fsp3) is 0.429. The summed E-state index contributed by atoms with van der Waals surface area (Å²) in [4.78, 5) is 33.0. The Labute approximate surface area is 178 Å². The molecule has 0 atom stereocenters. The van der Waals surface area contributed by atoms with E-state index in [9.17, 15) is 22.8 Å². The van der Waals surface area contributed by atoms with E-state index in [0.29, 0.717) is 13.0 Å². The normalized spacial score (nSPS) is 10.8. The van der Waals surface area contributed by atoms with E-state index in [2.05, 4.69) is 0 Å². The first-order valence-corrected chi connectivity index (χ1v) is 9.42. The summed E-state index contributed by atoms with van der Waals surface area (Å²) in [7, 11) is 0. The molecule has 1 aromatic carbocycles. The standard InChI is InChI=1S/C19H25N2O3.C2HF3O2/c1-5-24-19(23)13-21-11-14(2)10-20(21)12-17(22)9-18-15(3)7-6-8-16(18)4;3-2(4,5)1(6)7/h6-8,10-11H,5,9,12-13H2,1-4H3;(H,6,7)/q+1;/p-1. The Balaban J connectivity index is 0.000000592. The summed E-state index contributed by atoms with van der Waals surface area (Å²) in [6, 6.07) is 6.05. The lowest BCUT2D eigenvalue weighted by Crippen LogP contribution is -2.47. The topological polar surface area (TPSA) is 92.3 Å². The number of hydrogen-bond donors (Lipinski definition) is 0. The van der Waals surface area contributed by atoms with Gasteiger partial charge >= 0.3 is 12.1 Å². The van der Waals surface area contributed by atoms with Crippen LogP contribution in [0.5, 0.6) is 0 Å². The highest BCUT2D eigenvalue weighted by molar-refractivity contribution is 5.80. The van der Waals surface area contributed by atoms with Crippen molar-refractivity contribution in [2.75, 3.05) is 6.61 Å². The molecule has 1 heterocycles. The van der Waals surface area contributed by atoms with E-state index in [4.69, 9.17) is 14.6 Å². The summed E-state index contributed by atoms with van der Waals surface area (Å²) in [6.07, 6.45) is -1.07. The van der Waals surface area contributed by atoms with Crippen LogP contribution in [0.2, 0.25) is 0 Å². The number of benzene rings is 1. The number of aromatic nitrogens is 2. The first-order chi connectivity index (χ1) is 14.3. The monoisotopic (exact) mass is 442 g/mol. The van der Waals surface area contributed by atoms with Crippen LogP contribution in [0.3, 0.4) is 0 Å². The van der Waals surface area contributed by atoms with E-state index in [1.807, 2.05) is 51.4 Å². The van der Waals surface area contributed by atoms with Gasteiger partial charge in [-0.25, -0.2) is 4.79 Å². The number of carboxylic acid groups (broad SMARTS) is 1. The van der Waals surface area contributed by atoms with E-state index in [1.54, 1.807) is 16.3 Å². The number of esters is 1. The Hall–Kier alpha value is -3.17. The van der Waals surface area contributed by atoms with E-state index >= 15 is 0 Å². The Bertz CT molecular complexity index is 915. The molecule has 7 nitrogen and oxygen atoms in total. The average Bonchev–Trinajstić information content (AvgIpc) is 2.97. The molecule has 0 unspecified atom stereocenters. The second-order valence-corrected chi connectivity index (χ2v) is 6.87. The van der Waals surface area contributed by atoms with Crippen molar-refractivity contribution < 1.29 is 42.1 Å². The predicted octanol–water partition coefficient (Wildman–Crippen LogP) is 1.37. The summed E-state index contributed by atoms with van der Waals surface area (Å²) in [5.41, 5.74) is 4.35. The molecule has 2 rings (SSSR count). The third-order valence-corrected chi connectivity index (χ3v) is 4.22. The van der Waals surface area contributed by atoms with E-state index in [0.717, 1.165) is 22.3 Å². The van der Waals surface area contributed by atoms with Crippen LogP contribution in [0.15, 0.2) is 30.6 Å². The molecule has 2 aromatic rings. The van der Waals surface area contributed by atoms with Crippen molar-refractivity contribution in [1.29, 1.82) is 0 Å². The van der Waals surface area contributed by atoms with Gasteiger partial charge in [0, 0.05) is 12.0 Å². The second-order valence-electron chi connectivity index (χ2n) is 6.87. The molecular formula is C21H25F3N2O5. The lowest BCUT2D eigenvalue weighted by molar-refractivity contribution is -0.763. The van der Waals surface area contributed by atoms with Gasteiger partial charge < -0.3 is 14.6 Å². The number of aryl methyl sites for hydroxylation is 3. The number of hydrogen-bond acceptors (Lipinski definition) is 5. The Morgan fingerprint density at radius 3 is 2.16 bits per heavy atom. The fourth-order valence-corrected chi connectivity index (χ4v) is 2.83. The minimum Gasteiger partial charge on any atom is -0.542 e. The van der Waals surface area contributed by atoms with Crippen molar-refractivity contribution in [2.45, 2.75) is 53.4 Å². The number of ketones is 1. The number of nitrogens with zero attached hydrogens (tertiary/aromatic N) is 2. The van der Waals surface area contributed by atoms with Crippen LogP contribution in [0.4, 0.5) is 13.2 Å². The van der Waals surface area contributed by atoms with Gasteiger partial charge in [-0.1, -0.05) is 18.2 Å². The van der Waals surface area contributed by atoms with Crippen LogP contribution in [-0.2, 0) is 38.6 Å². The van der Waals surface area contributed by atoms with Gasteiger partial charge in [-0.05, 0) is 44.4 Å². The summed E-state index contributed by atoms with van der Waals surface area (Å²) in [5.74, 6) is -3.20. The third kappa shape index (κ3) is 8.61. The van der Waals surface area contributed by atoms with Gasteiger partial charge in [0.2, 0.25) is 12.3 Å². The molecule has 0 aliphatic heterocycles. The van der Waals surface area contributed by atoms with Crippen molar-refractivity contribution in [2.24, 2.45) is 0 Å². The molecular weight excluding hydrogens is 417 g/mol. The number of carbonyl (C=O) groups is 3. The Kier molecular flexibility index (Phi) is 9.41. The molecule has 170 valence electrons. The molecule has 0 N–H and O–H groups in total. The van der Waals surface area contributed by atoms with E-state index in [-0.39, 0.29) is 24.8 Å². The number of halogens is 3. The number of ether oxygens (including phenoxy) is 1. The molecule has 0 amide bonds. The lowest BCUT2D eigenvalue weighted by Gasteiger charge is -2.08. The number of carbonyl (C=O) groups excluding carboxylic acids is 3. The maximum atomic E-state index is 12.5. The van der Waals surface area contributed by atoms with Gasteiger partial charge in [-0.2, -0.15) is 13.2 Å². The molecule has 0 saturated carbocycles. The molecule has 0 aliphatic rings. The van der Waals surface area contributed by atoms with Gasteiger partial charge in [0.15, 0.2) is 12.7 Å². The first kappa shape index (κ1) is 25.9. The molecule has 1 aromatic heterocycles. The minimum atomic E-state index is -5.19. The van der Waals surface area contributed by atoms with Crippen molar-refractivity contribution in [3.63, 3.8) is 0 Å². The van der Waals surface area contributed by atoms with Gasteiger partial charge in [0.25, 0.3) is 0 Å². The zero-order chi connectivity index (χ0) is 23.8. The van der Waals surface area contributed by atoms with Gasteiger partial charge in [-0.15, -0.1) is 9.36 Å². The number of alkyl halides is 3. The van der Waals surface area contributed by atoms with Crippen LogP contribution >= 0.6 is 0 Å². The smallest absolute Gasteiger partial charge is 0.430 e. The fourth-order valence-electron chi connectivity index (χ4n) is 2.83. The minimum absolute atomic E-state index is 0.109. The summed E-state index contributed by atoms with van der Waals surface area (Å²) < 4.78 is 40.0. The molecule has 0 spiro atoms. The SMILES string of the molecule is CCOC(=O)Cn1cc(C)c[n+]1CC(=O)Cc1c(C)cccc1C.O=C([O-])C(F)(F)F. The molecule has 0 bridgehead atoms. The molecule has 0 radical (unpaired) electrons. The molecule has 0 fully saturated rings. The van der Waals surface area contributed by atoms with E-state index in [1.165, 1.54) is 0 Å². The van der Waals surface area contributed by atoms with Crippen molar-refractivity contribution in [3.05, 3.63) is 52.8 Å². The van der Waals surface area contributed by atoms with Gasteiger partial charge in [-0.3, -0.25) is 4.79 Å². The van der Waals surface area contributed by atoms with E-state index < -0.39 is 12.1 Å². The van der Waals surface area contributed by atoms with Crippen LogP contribution < -0.4 is 9.79 Å².